The molecule has 0 saturated carbocycles. The summed E-state index contributed by atoms with van der Waals surface area (Å²) in [4.78, 5) is 13.8. The molecule has 3 aromatic rings. The number of fused-ring (bicyclic) bond motifs is 1. The van der Waals surface area contributed by atoms with E-state index in [1.807, 2.05) is 42.5 Å². The lowest BCUT2D eigenvalue weighted by Crippen LogP contribution is -2.13. The first-order valence-corrected chi connectivity index (χ1v) is 10.2. The molecule has 166 valence electrons. The van der Waals surface area contributed by atoms with Crippen molar-refractivity contribution >= 4 is 5.78 Å². The van der Waals surface area contributed by atoms with Gasteiger partial charge < -0.3 is 23.7 Å². The number of methoxy groups -OCH3 is 5. The molecule has 3 aromatic carbocycles. The van der Waals surface area contributed by atoms with Crippen molar-refractivity contribution in [1.29, 1.82) is 0 Å². The van der Waals surface area contributed by atoms with Gasteiger partial charge in [-0.2, -0.15) is 0 Å². The first-order valence-electron chi connectivity index (χ1n) is 10.2. The van der Waals surface area contributed by atoms with Crippen LogP contribution in [0.1, 0.15) is 38.9 Å². The monoisotopic (exact) mass is 434 g/mol. The summed E-state index contributed by atoms with van der Waals surface area (Å²) in [6.45, 7) is 0. The normalized spacial score (nSPS) is 17.0. The van der Waals surface area contributed by atoms with Gasteiger partial charge in [-0.05, 0) is 41.5 Å². The van der Waals surface area contributed by atoms with Crippen LogP contribution in [0.2, 0.25) is 0 Å². The van der Waals surface area contributed by atoms with E-state index in [4.69, 9.17) is 23.7 Å². The number of carbonyl (C=O) groups excluding carboxylic acids is 1. The zero-order valence-corrected chi connectivity index (χ0v) is 18.8. The molecule has 0 amide bonds. The average molecular weight is 434 g/mol. The van der Waals surface area contributed by atoms with Crippen LogP contribution in [0.5, 0.6) is 28.7 Å². The summed E-state index contributed by atoms with van der Waals surface area (Å²) >= 11 is 0. The van der Waals surface area contributed by atoms with E-state index in [0.717, 1.165) is 22.4 Å². The smallest absolute Gasteiger partial charge is 0.171 e. The molecule has 4 rings (SSSR count). The summed E-state index contributed by atoms with van der Waals surface area (Å²) in [5.41, 5.74) is 3.22. The molecule has 0 heterocycles. The highest BCUT2D eigenvalue weighted by Gasteiger charge is 2.44. The molecule has 0 unspecified atom stereocenters. The topological polar surface area (TPSA) is 63.2 Å². The Hall–Kier alpha value is -3.67. The lowest BCUT2D eigenvalue weighted by atomic mass is 9.81. The van der Waals surface area contributed by atoms with E-state index in [0.29, 0.717) is 28.6 Å². The number of hydrogen-bond acceptors (Lipinski definition) is 6. The quantitative estimate of drug-likeness (QED) is 0.530. The van der Waals surface area contributed by atoms with E-state index in [1.54, 1.807) is 47.7 Å². The molecule has 2 atom stereocenters. The summed E-state index contributed by atoms with van der Waals surface area (Å²) in [6, 6.07) is 16.9. The van der Waals surface area contributed by atoms with Gasteiger partial charge in [0.2, 0.25) is 0 Å². The summed E-state index contributed by atoms with van der Waals surface area (Å²) in [6.07, 6.45) is 0. The minimum Gasteiger partial charge on any atom is -0.497 e. The lowest BCUT2D eigenvalue weighted by molar-refractivity contribution is 0.0968. The third-order valence-electron chi connectivity index (χ3n) is 5.97. The number of ketones is 1. The molecule has 6 nitrogen and oxygen atoms in total. The van der Waals surface area contributed by atoms with Crippen LogP contribution in [0.3, 0.4) is 0 Å². The minimum absolute atomic E-state index is 0.00618. The fourth-order valence-electron chi connectivity index (χ4n) is 4.42. The van der Waals surface area contributed by atoms with Crippen molar-refractivity contribution in [3.8, 4) is 28.7 Å². The van der Waals surface area contributed by atoms with Crippen LogP contribution in [-0.4, -0.2) is 41.3 Å². The molecule has 0 aromatic heterocycles. The zero-order chi connectivity index (χ0) is 22.8. The zero-order valence-electron chi connectivity index (χ0n) is 18.8. The van der Waals surface area contributed by atoms with E-state index < -0.39 is 5.92 Å². The number of hydrogen-bond donors (Lipinski definition) is 0. The van der Waals surface area contributed by atoms with Gasteiger partial charge in [0.25, 0.3) is 0 Å². The van der Waals surface area contributed by atoms with Gasteiger partial charge in [0, 0.05) is 29.2 Å². The number of rotatable bonds is 7. The van der Waals surface area contributed by atoms with Crippen LogP contribution < -0.4 is 23.7 Å². The number of benzene rings is 3. The van der Waals surface area contributed by atoms with E-state index in [-0.39, 0.29) is 11.7 Å². The van der Waals surface area contributed by atoms with Gasteiger partial charge in [-0.15, -0.1) is 0 Å². The van der Waals surface area contributed by atoms with Gasteiger partial charge in [-0.25, -0.2) is 0 Å². The second kappa shape index (κ2) is 8.83. The average Bonchev–Trinajstić information content (AvgIpc) is 3.15. The minimum atomic E-state index is -0.483. The Kier molecular flexibility index (Phi) is 5.95. The number of ether oxygens (including phenoxy) is 5. The summed E-state index contributed by atoms with van der Waals surface area (Å²) < 4.78 is 27.4. The second-order valence-electron chi connectivity index (χ2n) is 7.53. The fourth-order valence-corrected chi connectivity index (χ4v) is 4.42. The highest BCUT2D eigenvalue weighted by molar-refractivity contribution is 6.08. The van der Waals surface area contributed by atoms with E-state index in [2.05, 4.69) is 0 Å². The number of Topliss-reactive ketones (excluding diaryl/α,β-unsaturated/α-hetero) is 1. The Morgan fingerprint density at radius 3 is 1.66 bits per heavy atom. The molecule has 6 heteroatoms. The Morgan fingerprint density at radius 1 is 0.562 bits per heavy atom. The third kappa shape index (κ3) is 3.62. The Labute approximate surface area is 187 Å². The second-order valence-corrected chi connectivity index (χ2v) is 7.53. The van der Waals surface area contributed by atoms with Gasteiger partial charge in [-0.1, -0.05) is 12.1 Å². The molecule has 32 heavy (non-hydrogen) atoms. The molecule has 1 aliphatic carbocycles. The van der Waals surface area contributed by atoms with E-state index in [1.165, 1.54) is 0 Å². The van der Waals surface area contributed by atoms with Crippen LogP contribution in [0, 0.1) is 0 Å². The van der Waals surface area contributed by atoms with Crippen molar-refractivity contribution in [2.45, 2.75) is 11.8 Å². The maximum absolute atomic E-state index is 13.8. The molecule has 0 spiro atoms. The first kappa shape index (κ1) is 21.6. The SMILES string of the molecule is COc1ccc([C@H]2c3c(OC)cc(OC)cc3C(=O)[C@@H]2c2cc(OC)cc(OC)c2)cc1. The summed E-state index contributed by atoms with van der Waals surface area (Å²) in [5, 5.41) is 0. The van der Waals surface area contributed by atoms with Crippen molar-refractivity contribution in [2.75, 3.05) is 35.5 Å². The predicted molar refractivity (Wildman–Crippen MR) is 121 cm³/mol. The molecular formula is C26H26O6. The van der Waals surface area contributed by atoms with Crippen molar-refractivity contribution in [3.63, 3.8) is 0 Å². The molecule has 0 bridgehead atoms. The van der Waals surface area contributed by atoms with Crippen molar-refractivity contribution in [3.05, 3.63) is 76.9 Å². The van der Waals surface area contributed by atoms with Gasteiger partial charge in [-0.3, -0.25) is 4.79 Å². The van der Waals surface area contributed by atoms with Crippen LogP contribution in [0.4, 0.5) is 0 Å². The van der Waals surface area contributed by atoms with Gasteiger partial charge in [0.1, 0.15) is 28.7 Å². The molecule has 0 saturated heterocycles. The summed E-state index contributed by atoms with van der Waals surface area (Å²) in [7, 11) is 8.00. The maximum Gasteiger partial charge on any atom is 0.171 e. The van der Waals surface area contributed by atoms with Crippen molar-refractivity contribution in [2.24, 2.45) is 0 Å². The number of carbonyl (C=O) groups is 1. The first-order chi connectivity index (χ1) is 15.5. The Bertz CT molecular complexity index is 1110. The largest absolute Gasteiger partial charge is 0.497 e. The van der Waals surface area contributed by atoms with E-state index in [9.17, 15) is 4.79 Å². The van der Waals surface area contributed by atoms with Crippen molar-refractivity contribution in [1.82, 2.24) is 0 Å². The van der Waals surface area contributed by atoms with Crippen LogP contribution >= 0.6 is 0 Å². The Balaban J connectivity index is 1.96. The van der Waals surface area contributed by atoms with Gasteiger partial charge >= 0.3 is 0 Å². The molecule has 0 radical (unpaired) electrons. The van der Waals surface area contributed by atoms with Crippen LogP contribution in [0.15, 0.2) is 54.6 Å². The van der Waals surface area contributed by atoms with Gasteiger partial charge in [0.15, 0.2) is 5.78 Å². The highest BCUT2D eigenvalue weighted by Crippen LogP contribution is 2.53. The molecule has 0 N–H and O–H groups in total. The highest BCUT2D eigenvalue weighted by atomic mass is 16.5. The molecule has 0 fully saturated rings. The molecule has 0 aliphatic heterocycles. The van der Waals surface area contributed by atoms with Gasteiger partial charge in [0.05, 0.1) is 41.5 Å². The molecular weight excluding hydrogens is 408 g/mol. The van der Waals surface area contributed by atoms with Crippen molar-refractivity contribution < 1.29 is 28.5 Å². The fraction of sp³-hybridized carbons (Fsp3) is 0.269. The van der Waals surface area contributed by atoms with E-state index >= 15 is 0 Å². The third-order valence-corrected chi connectivity index (χ3v) is 5.97. The Morgan fingerprint density at radius 2 is 1.12 bits per heavy atom. The molecule has 1 aliphatic rings. The predicted octanol–water partition coefficient (Wildman–Crippen LogP) is 4.84. The van der Waals surface area contributed by atoms with Crippen LogP contribution in [-0.2, 0) is 0 Å². The van der Waals surface area contributed by atoms with Crippen LogP contribution in [0.25, 0.3) is 0 Å². The standard InChI is InChI=1S/C26H26O6/c1-28-17-8-6-15(7-9-17)23-24(16-10-18(29-2)12-19(11-16)30-3)26(27)21-13-20(31-4)14-22(32-5)25(21)23/h6-14,23-24H,1-5H3/t23-,24-/m1/s1. The summed E-state index contributed by atoms with van der Waals surface area (Å²) in [5.74, 6) is 2.44. The lowest BCUT2D eigenvalue weighted by Gasteiger charge is -2.23. The maximum atomic E-state index is 13.8.